The molecule has 0 aliphatic heterocycles. The lowest BCUT2D eigenvalue weighted by Crippen LogP contribution is -2.07. The molecule has 0 spiro atoms. The van der Waals surface area contributed by atoms with Crippen LogP contribution in [0.5, 0.6) is 0 Å². The molecule has 0 aromatic heterocycles. The van der Waals surface area contributed by atoms with Crippen LogP contribution in [0.3, 0.4) is 0 Å². The van der Waals surface area contributed by atoms with Crippen LogP contribution in [0.25, 0.3) is 0 Å². The van der Waals surface area contributed by atoms with Gasteiger partial charge in [0.05, 0.1) is 12.0 Å². The zero-order chi connectivity index (χ0) is 12.8. The number of rotatable bonds is 4. The molecule has 0 radical (unpaired) electrons. The summed E-state index contributed by atoms with van der Waals surface area (Å²) in [5, 5.41) is 0. The minimum Gasteiger partial charge on any atom is -0.369 e. The number of hydrogen-bond donors (Lipinski definition) is 0. The van der Waals surface area contributed by atoms with Crippen LogP contribution < -0.4 is 0 Å². The molecular formula is C16H18N2. The van der Waals surface area contributed by atoms with Crippen molar-refractivity contribution in [2.24, 2.45) is 4.99 Å². The zero-order valence-corrected chi connectivity index (χ0v) is 10.9. The Kier molecular flexibility index (Phi) is 4.13. The maximum absolute atomic E-state index is 4.50. The first-order chi connectivity index (χ1) is 8.75. The van der Waals surface area contributed by atoms with Crippen LogP contribution >= 0.6 is 0 Å². The van der Waals surface area contributed by atoms with E-state index in [0.717, 1.165) is 12.1 Å². The average molecular weight is 238 g/mol. The molecule has 0 bridgehead atoms. The summed E-state index contributed by atoms with van der Waals surface area (Å²) in [5.74, 6) is 0. The normalized spacial score (nSPS) is 10.8. The summed E-state index contributed by atoms with van der Waals surface area (Å²) in [6, 6.07) is 18.7. The van der Waals surface area contributed by atoms with Gasteiger partial charge < -0.3 is 4.90 Å². The van der Waals surface area contributed by atoms with Gasteiger partial charge in [-0.25, -0.2) is 4.99 Å². The van der Waals surface area contributed by atoms with Gasteiger partial charge in [-0.05, 0) is 23.6 Å². The quantitative estimate of drug-likeness (QED) is 0.588. The van der Waals surface area contributed by atoms with Gasteiger partial charge in [0.1, 0.15) is 0 Å². The molecule has 0 heterocycles. The van der Waals surface area contributed by atoms with E-state index in [0.29, 0.717) is 0 Å². The molecule has 0 aliphatic rings. The second-order valence-electron chi connectivity index (χ2n) is 4.50. The molecule has 0 unspecified atom stereocenters. The van der Waals surface area contributed by atoms with Crippen molar-refractivity contribution in [3.63, 3.8) is 0 Å². The van der Waals surface area contributed by atoms with Crippen LogP contribution in [-0.2, 0) is 6.42 Å². The highest BCUT2D eigenvalue weighted by Crippen LogP contribution is 2.21. The van der Waals surface area contributed by atoms with Crippen LogP contribution in [0, 0.1) is 0 Å². The average Bonchev–Trinajstić information content (AvgIpc) is 2.39. The minimum atomic E-state index is 0.918. The number of para-hydroxylation sites is 1. The van der Waals surface area contributed by atoms with Crippen molar-refractivity contribution in [1.82, 2.24) is 4.90 Å². The van der Waals surface area contributed by atoms with Crippen molar-refractivity contribution in [3.8, 4) is 0 Å². The second kappa shape index (κ2) is 6.01. The first-order valence-electron chi connectivity index (χ1n) is 6.08. The van der Waals surface area contributed by atoms with Crippen molar-refractivity contribution in [1.29, 1.82) is 0 Å². The predicted octanol–water partition coefficient (Wildman–Crippen LogP) is 3.50. The maximum atomic E-state index is 4.50. The lowest BCUT2D eigenvalue weighted by Gasteiger charge is -2.07. The Hall–Kier alpha value is -2.09. The van der Waals surface area contributed by atoms with E-state index >= 15 is 0 Å². The summed E-state index contributed by atoms with van der Waals surface area (Å²) < 4.78 is 0. The highest BCUT2D eigenvalue weighted by atomic mass is 15.1. The van der Waals surface area contributed by atoms with E-state index in [-0.39, 0.29) is 0 Å². The van der Waals surface area contributed by atoms with Gasteiger partial charge in [0.2, 0.25) is 0 Å². The van der Waals surface area contributed by atoms with Gasteiger partial charge in [-0.2, -0.15) is 0 Å². The fraction of sp³-hybridized carbons (Fsp3) is 0.188. The number of hydrogen-bond acceptors (Lipinski definition) is 1. The first kappa shape index (κ1) is 12.4. The van der Waals surface area contributed by atoms with Crippen molar-refractivity contribution in [3.05, 3.63) is 65.7 Å². The van der Waals surface area contributed by atoms with Crippen LogP contribution in [0.1, 0.15) is 11.1 Å². The van der Waals surface area contributed by atoms with E-state index < -0.39 is 0 Å². The number of benzene rings is 2. The molecule has 2 aromatic rings. The maximum Gasteiger partial charge on any atom is 0.0907 e. The monoisotopic (exact) mass is 238 g/mol. The molecule has 92 valence electrons. The van der Waals surface area contributed by atoms with E-state index in [4.69, 9.17) is 0 Å². The topological polar surface area (TPSA) is 15.6 Å². The lowest BCUT2D eigenvalue weighted by atomic mass is 10.0. The summed E-state index contributed by atoms with van der Waals surface area (Å²) >= 11 is 0. The molecule has 2 nitrogen and oxygen atoms in total. The summed E-state index contributed by atoms with van der Waals surface area (Å²) in [7, 11) is 3.95. The van der Waals surface area contributed by atoms with Crippen molar-refractivity contribution < 1.29 is 0 Å². The van der Waals surface area contributed by atoms with Gasteiger partial charge >= 0.3 is 0 Å². The summed E-state index contributed by atoms with van der Waals surface area (Å²) in [6.45, 7) is 0. The molecule has 0 atom stereocenters. The molecule has 2 heteroatoms. The Morgan fingerprint density at radius 3 is 2.33 bits per heavy atom. The van der Waals surface area contributed by atoms with E-state index in [9.17, 15) is 0 Å². The van der Waals surface area contributed by atoms with Crippen molar-refractivity contribution in [2.45, 2.75) is 6.42 Å². The highest BCUT2D eigenvalue weighted by Gasteiger charge is 2.01. The predicted molar refractivity (Wildman–Crippen MR) is 77.5 cm³/mol. The van der Waals surface area contributed by atoms with E-state index in [1.165, 1.54) is 11.1 Å². The summed E-state index contributed by atoms with van der Waals surface area (Å²) in [6.07, 6.45) is 2.76. The third kappa shape index (κ3) is 3.45. The van der Waals surface area contributed by atoms with Crippen molar-refractivity contribution >= 4 is 12.0 Å². The largest absolute Gasteiger partial charge is 0.369 e. The SMILES string of the molecule is CN(C)C=Nc1ccccc1Cc1ccccc1. The van der Waals surface area contributed by atoms with E-state index in [1.54, 1.807) is 0 Å². The molecule has 0 N–H and O–H groups in total. The number of nitrogens with zero attached hydrogens (tertiary/aromatic N) is 2. The van der Waals surface area contributed by atoms with Gasteiger partial charge in [-0.15, -0.1) is 0 Å². The molecule has 0 saturated carbocycles. The van der Waals surface area contributed by atoms with Gasteiger partial charge in [-0.1, -0.05) is 48.5 Å². The molecule has 0 amide bonds. The Morgan fingerprint density at radius 1 is 0.944 bits per heavy atom. The highest BCUT2D eigenvalue weighted by molar-refractivity contribution is 5.63. The molecule has 0 saturated heterocycles. The van der Waals surface area contributed by atoms with Crippen LogP contribution in [0.15, 0.2) is 59.6 Å². The summed E-state index contributed by atoms with van der Waals surface area (Å²) in [5.41, 5.74) is 3.60. The van der Waals surface area contributed by atoms with Crippen molar-refractivity contribution in [2.75, 3.05) is 14.1 Å². The molecular weight excluding hydrogens is 220 g/mol. The van der Waals surface area contributed by atoms with Gasteiger partial charge in [0.25, 0.3) is 0 Å². The number of aliphatic imine (C=N–C) groups is 1. The Morgan fingerprint density at radius 2 is 1.61 bits per heavy atom. The standard InChI is InChI=1S/C16H18N2/c1-18(2)13-17-16-11-7-6-10-15(16)12-14-8-4-3-5-9-14/h3-11,13H,12H2,1-2H3. The fourth-order valence-corrected chi connectivity index (χ4v) is 1.78. The second-order valence-corrected chi connectivity index (χ2v) is 4.50. The zero-order valence-electron chi connectivity index (χ0n) is 10.9. The Labute approximate surface area is 109 Å². The van der Waals surface area contributed by atoms with E-state index in [2.05, 4.69) is 47.5 Å². The van der Waals surface area contributed by atoms with Crippen LogP contribution in [0.4, 0.5) is 5.69 Å². The minimum absolute atomic E-state index is 0.918. The Bertz CT molecular complexity index is 516. The first-order valence-corrected chi connectivity index (χ1v) is 6.08. The molecule has 2 aromatic carbocycles. The van der Waals surface area contributed by atoms with Crippen LogP contribution in [-0.4, -0.2) is 25.3 Å². The Balaban J connectivity index is 2.23. The molecule has 2 rings (SSSR count). The van der Waals surface area contributed by atoms with Gasteiger partial charge in [0.15, 0.2) is 0 Å². The lowest BCUT2D eigenvalue weighted by molar-refractivity contribution is 0.643. The molecule has 18 heavy (non-hydrogen) atoms. The van der Waals surface area contributed by atoms with Gasteiger partial charge in [-0.3, -0.25) is 0 Å². The third-order valence-electron chi connectivity index (χ3n) is 2.66. The van der Waals surface area contributed by atoms with Crippen LogP contribution in [0.2, 0.25) is 0 Å². The molecule has 0 aliphatic carbocycles. The molecule has 0 fully saturated rings. The smallest absolute Gasteiger partial charge is 0.0907 e. The third-order valence-corrected chi connectivity index (χ3v) is 2.66. The van der Waals surface area contributed by atoms with Gasteiger partial charge in [0, 0.05) is 14.1 Å². The fourth-order valence-electron chi connectivity index (χ4n) is 1.78. The van der Waals surface area contributed by atoms with E-state index in [1.807, 2.05) is 37.5 Å². The summed E-state index contributed by atoms with van der Waals surface area (Å²) in [4.78, 5) is 6.45.